The van der Waals surface area contributed by atoms with Gasteiger partial charge in [0.2, 0.25) is 0 Å². The predicted molar refractivity (Wildman–Crippen MR) is 53.5 cm³/mol. The molecule has 0 bridgehead atoms. The smallest absolute Gasteiger partial charge is 0.00455 e. The van der Waals surface area contributed by atoms with Gasteiger partial charge in [-0.3, -0.25) is 0 Å². The van der Waals surface area contributed by atoms with E-state index in [1.807, 2.05) is 0 Å². The van der Waals surface area contributed by atoms with Crippen LogP contribution in [0, 0.1) is 0 Å². The molecule has 1 nitrogen and oxygen atoms in total. The standard InChI is InChI=1S/C11H19N/c1-5-6-9-7-12-8-10(9)11(2,3)4/h7-8,12H,5-6H2,1-4H3. The van der Waals surface area contributed by atoms with Crippen molar-refractivity contribution in [3.63, 3.8) is 0 Å². The second-order valence-electron chi connectivity index (χ2n) is 4.39. The van der Waals surface area contributed by atoms with Crippen molar-refractivity contribution in [2.45, 2.75) is 46.0 Å². The molecule has 1 rings (SSSR count). The van der Waals surface area contributed by atoms with Crippen molar-refractivity contribution in [2.24, 2.45) is 0 Å². The van der Waals surface area contributed by atoms with E-state index in [0.29, 0.717) is 0 Å². The molecule has 0 atom stereocenters. The Kier molecular flexibility index (Phi) is 2.61. The summed E-state index contributed by atoms with van der Waals surface area (Å²) in [5.41, 5.74) is 3.22. The van der Waals surface area contributed by atoms with Gasteiger partial charge >= 0.3 is 0 Å². The Morgan fingerprint density at radius 3 is 2.42 bits per heavy atom. The molecular formula is C11H19N. The first-order chi connectivity index (χ1) is 5.55. The molecule has 0 amide bonds. The molecule has 68 valence electrons. The molecule has 0 aliphatic rings. The molecule has 0 saturated carbocycles. The van der Waals surface area contributed by atoms with E-state index in [4.69, 9.17) is 0 Å². The first kappa shape index (κ1) is 9.37. The lowest BCUT2D eigenvalue weighted by Crippen LogP contribution is -2.12. The third-order valence-electron chi connectivity index (χ3n) is 2.16. The minimum Gasteiger partial charge on any atom is -0.367 e. The summed E-state index contributed by atoms with van der Waals surface area (Å²) in [6, 6.07) is 0. The van der Waals surface area contributed by atoms with Crippen LogP contribution >= 0.6 is 0 Å². The molecule has 0 aliphatic carbocycles. The van der Waals surface area contributed by atoms with Gasteiger partial charge in [0.05, 0.1) is 0 Å². The molecule has 1 heteroatoms. The predicted octanol–water partition coefficient (Wildman–Crippen LogP) is 3.26. The van der Waals surface area contributed by atoms with Crippen LogP contribution in [0.2, 0.25) is 0 Å². The molecule has 1 heterocycles. The summed E-state index contributed by atoms with van der Waals surface area (Å²) < 4.78 is 0. The summed E-state index contributed by atoms with van der Waals surface area (Å²) in [5.74, 6) is 0. The van der Waals surface area contributed by atoms with Gasteiger partial charge in [0.1, 0.15) is 0 Å². The quantitative estimate of drug-likeness (QED) is 0.692. The van der Waals surface area contributed by atoms with Crippen molar-refractivity contribution in [1.82, 2.24) is 4.98 Å². The molecule has 0 fully saturated rings. The zero-order valence-corrected chi connectivity index (χ0v) is 8.57. The first-order valence-electron chi connectivity index (χ1n) is 4.72. The van der Waals surface area contributed by atoms with Crippen molar-refractivity contribution < 1.29 is 0 Å². The Bertz CT molecular complexity index is 240. The second-order valence-corrected chi connectivity index (χ2v) is 4.39. The highest BCUT2D eigenvalue weighted by molar-refractivity contribution is 5.29. The normalized spacial score (nSPS) is 12.0. The average molecular weight is 165 g/mol. The lowest BCUT2D eigenvalue weighted by atomic mass is 9.85. The molecule has 1 aromatic heterocycles. The molecule has 1 N–H and O–H groups in total. The van der Waals surface area contributed by atoms with Crippen molar-refractivity contribution in [3.8, 4) is 0 Å². The number of hydrogen-bond donors (Lipinski definition) is 1. The molecule has 0 spiro atoms. The van der Waals surface area contributed by atoms with Crippen LogP contribution in [0.5, 0.6) is 0 Å². The number of nitrogens with one attached hydrogen (secondary N) is 1. The molecule has 1 aromatic rings. The van der Waals surface area contributed by atoms with Gasteiger partial charge < -0.3 is 4.98 Å². The Morgan fingerprint density at radius 2 is 1.92 bits per heavy atom. The van der Waals surface area contributed by atoms with Gasteiger partial charge in [-0.15, -0.1) is 0 Å². The number of rotatable bonds is 2. The Hall–Kier alpha value is -0.720. The molecule has 0 unspecified atom stereocenters. The summed E-state index contributed by atoms with van der Waals surface area (Å²) >= 11 is 0. The van der Waals surface area contributed by atoms with Crippen molar-refractivity contribution >= 4 is 0 Å². The van der Waals surface area contributed by atoms with Gasteiger partial charge in [-0.2, -0.15) is 0 Å². The average Bonchev–Trinajstić information content (AvgIpc) is 2.34. The first-order valence-corrected chi connectivity index (χ1v) is 4.72. The van der Waals surface area contributed by atoms with Crippen molar-refractivity contribution in [3.05, 3.63) is 23.5 Å². The van der Waals surface area contributed by atoms with Crippen LogP contribution in [0.25, 0.3) is 0 Å². The second kappa shape index (κ2) is 3.34. The van der Waals surface area contributed by atoms with Gasteiger partial charge in [0.15, 0.2) is 0 Å². The lowest BCUT2D eigenvalue weighted by molar-refractivity contribution is 0.583. The van der Waals surface area contributed by atoms with Gasteiger partial charge in [-0.05, 0) is 23.0 Å². The van der Waals surface area contributed by atoms with E-state index in [0.717, 1.165) is 0 Å². The third-order valence-corrected chi connectivity index (χ3v) is 2.16. The molecule has 0 radical (unpaired) electrons. The summed E-state index contributed by atoms with van der Waals surface area (Å²) in [4.78, 5) is 3.19. The summed E-state index contributed by atoms with van der Waals surface area (Å²) in [5, 5.41) is 0. The summed E-state index contributed by atoms with van der Waals surface area (Å²) in [6.07, 6.45) is 6.67. The van der Waals surface area contributed by atoms with E-state index >= 15 is 0 Å². The van der Waals surface area contributed by atoms with Crippen molar-refractivity contribution in [2.75, 3.05) is 0 Å². The van der Waals surface area contributed by atoms with Gasteiger partial charge in [0, 0.05) is 12.4 Å². The third kappa shape index (κ3) is 1.90. The van der Waals surface area contributed by atoms with E-state index in [1.165, 1.54) is 24.0 Å². The van der Waals surface area contributed by atoms with E-state index in [9.17, 15) is 0 Å². The van der Waals surface area contributed by atoms with Crippen LogP contribution in [0.4, 0.5) is 0 Å². The number of H-pyrrole nitrogens is 1. The number of hydrogen-bond acceptors (Lipinski definition) is 0. The topological polar surface area (TPSA) is 15.8 Å². The van der Waals surface area contributed by atoms with Crippen LogP contribution in [0.1, 0.15) is 45.2 Å². The number of aromatic nitrogens is 1. The SMILES string of the molecule is CCCc1c[nH]cc1C(C)(C)C. The van der Waals surface area contributed by atoms with E-state index in [2.05, 4.69) is 45.1 Å². The van der Waals surface area contributed by atoms with Crippen LogP contribution in [-0.4, -0.2) is 4.98 Å². The summed E-state index contributed by atoms with van der Waals surface area (Å²) in [6.45, 7) is 9.00. The van der Waals surface area contributed by atoms with Crippen LogP contribution < -0.4 is 0 Å². The lowest BCUT2D eigenvalue weighted by Gasteiger charge is -2.19. The van der Waals surface area contributed by atoms with Crippen LogP contribution in [0.3, 0.4) is 0 Å². The Labute approximate surface area is 75.2 Å². The minimum absolute atomic E-state index is 0.282. The van der Waals surface area contributed by atoms with Gasteiger partial charge in [-0.25, -0.2) is 0 Å². The fourth-order valence-electron chi connectivity index (χ4n) is 1.57. The van der Waals surface area contributed by atoms with E-state index in [1.54, 1.807) is 0 Å². The number of aryl methyl sites for hydroxylation is 1. The van der Waals surface area contributed by atoms with E-state index < -0.39 is 0 Å². The van der Waals surface area contributed by atoms with Crippen LogP contribution in [0.15, 0.2) is 12.4 Å². The van der Waals surface area contributed by atoms with Crippen molar-refractivity contribution in [1.29, 1.82) is 0 Å². The van der Waals surface area contributed by atoms with Gasteiger partial charge in [-0.1, -0.05) is 34.1 Å². The Balaban J connectivity index is 2.91. The molecule has 0 saturated heterocycles. The molecule has 0 aliphatic heterocycles. The Morgan fingerprint density at radius 1 is 1.25 bits per heavy atom. The molecular weight excluding hydrogens is 146 g/mol. The highest BCUT2D eigenvalue weighted by Crippen LogP contribution is 2.26. The molecule has 12 heavy (non-hydrogen) atoms. The highest BCUT2D eigenvalue weighted by atomic mass is 14.6. The van der Waals surface area contributed by atoms with E-state index in [-0.39, 0.29) is 5.41 Å². The maximum Gasteiger partial charge on any atom is 0.00455 e. The molecule has 0 aromatic carbocycles. The van der Waals surface area contributed by atoms with Crippen LogP contribution in [-0.2, 0) is 11.8 Å². The maximum atomic E-state index is 3.19. The zero-order chi connectivity index (χ0) is 9.19. The largest absolute Gasteiger partial charge is 0.367 e. The monoisotopic (exact) mass is 165 g/mol. The number of aromatic amines is 1. The fourth-order valence-corrected chi connectivity index (χ4v) is 1.57. The maximum absolute atomic E-state index is 3.19. The summed E-state index contributed by atoms with van der Waals surface area (Å²) in [7, 11) is 0. The highest BCUT2D eigenvalue weighted by Gasteiger charge is 2.17. The zero-order valence-electron chi connectivity index (χ0n) is 8.57. The minimum atomic E-state index is 0.282. The fraction of sp³-hybridized carbons (Fsp3) is 0.636. The van der Waals surface area contributed by atoms with Gasteiger partial charge in [0.25, 0.3) is 0 Å².